The Morgan fingerprint density at radius 1 is 1.15 bits per heavy atom. The summed E-state index contributed by atoms with van der Waals surface area (Å²) >= 11 is 0. The maximum absolute atomic E-state index is 13.0. The molecular weight excluding hydrogens is 376 g/mol. The summed E-state index contributed by atoms with van der Waals surface area (Å²) in [6.45, 7) is 7.01. The van der Waals surface area contributed by atoms with Crippen molar-refractivity contribution in [1.29, 1.82) is 0 Å². The molecule has 0 bridgehead atoms. The van der Waals surface area contributed by atoms with Crippen LogP contribution >= 0.6 is 12.4 Å². The molecule has 0 amide bonds. The van der Waals surface area contributed by atoms with Crippen molar-refractivity contribution in [2.45, 2.75) is 32.4 Å². The van der Waals surface area contributed by atoms with Crippen molar-refractivity contribution >= 4 is 12.4 Å². The van der Waals surface area contributed by atoms with Crippen molar-refractivity contribution in [2.24, 2.45) is 5.41 Å². The second-order valence-corrected chi connectivity index (χ2v) is 6.87. The van der Waals surface area contributed by atoms with Gasteiger partial charge in [-0.2, -0.15) is 17.6 Å². The number of rotatable bonds is 7. The summed E-state index contributed by atoms with van der Waals surface area (Å²) in [7, 11) is 0. The van der Waals surface area contributed by atoms with Gasteiger partial charge in [0.2, 0.25) is 0 Å². The van der Waals surface area contributed by atoms with Gasteiger partial charge in [0.25, 0.3) is 0 Å². The number of nitrogens with zero attached hydrogens (tertiary/aromatic N) is 1. The maximum atomic E-state index is 13.0. The zero-order valence-corrected chi connectivity index (χ0v) is 15.5. The van der Waals surface area contributed by atoms with E-state index in [4.69, 9.17) is 0 Å². The van der Waals surface area contributed by atoms with Crippen molar-refractivity contribution < 1.29 is 27.4 Å². The van der Waals surface area contributed by atoms with E-state index in [9.17, 15) is 22.7 Å². The molecule has 1 aromatic rings. The first-order valence-electron chi connectivity index (χ1n) is 8.18. The van der Waals surface area contributed by atoms with Crippen molar-refractivity contribution in [2.75, 3.05) is 32.8 Å². The van der Waals surface area contributed by atoms with Gasteiger partial charge in [-0.05, 0) is 17.7 Å². The van der Waals surface area contributed by atoms with Crippen LogP contribution in [0.5, 0.6) is 5.75 Å². The highest BCUT2D eigenvalue weighted by Crippen LogP contribution is 2.39. The predicted molar refractivity (Wildman–Crippen MR) is 93.3 cm³/mol. The monoisotopic (exact) mass is 400 g/mol. The molecule has 2 N–H and O–H groups in total. The molecule has 1 aliphatic rings. The second-order valence-electron chi connectivity index (χ2n) is 6.87. The van der Waals surface area contributed by atoms with Crippen LogP contribution in [0.2, 0.25) is 0 Å². The summed E-state index contributed by atoms with van der Waals surface area (Å²) in [6.07, 6.45) is -8.42. The Morgan fingerprint density at radius 2 is 1.69 bits per heavy atom. The summed E-state index contributed by atoms with van der Waals surface area (Å²) in [5.74, 6) is -0.324. The molecule has 26 heavy (non-hydrogen) atoms. The highest BCUT2D eigenvalue weighted by molar-refractivity contribution is 5.85. The number of nitrogens with one attached hydrogen (secondary N) is 1. The van der Waals surface area contributed by atoms with Crippen LogP contribution < -0.4 is 10.1 Å². The molecule has 1 aromatic carbocycles. The van der Waals surface area contributed by atoms with Crippen LogP contribution in [0.4, 0.5) is 17.6 Å². The number of hydrogen-bond donors (Lipinski definition) is 2. The Hall–Kier alpha value is -1.09. The third-order valence-corrected chi connectivity index (χ3v) is 4.37. The zero-order valence-electron chi connectivity index (χ0n) is 14.7. The molecule has 0 aliphatic carbocycles. The van der Waals surface area contributed by atoms with E-state index in [0.717, 1.165) is 31.7 Å². The number of piperazine rings is 1. The molecule has 9 heteroatoms. The number of ether oxygens (including phenoxy) is 1. The summed E-state index contributed by atoms with van der Waals surface area (Å²) in [4.78, 5) is 2.22. The van der Waals surface area contributed by atoms with E-state index in [1.54, 1.807) is 12.1 Å². The van der Waals surface area contributed by atoms with Gasteiger partial charge in [0.05, 0.1) is 0 Å². The minimum Gasteiger partial charge on any atom is -0.428 e. The largest absolute Gasteiger partial charge is 0.461 e. The quantitative estimate of drug-likeness (QED) is 0.689. The van der Waals surface area contributed by atoms with Crippen LogP contribution in [-0.4, -0.2) is 55.3 Å². The Labute approximate surface area is 156 Å². The van der Waals surface area contributed by atoms with Gasteiger partial charge in [-0.1, -0.05) is 26.0 Å². The molecule has 1 fully saturated rings. The first-order valence-corrected chi connectivity index (χ1v) is 8.18. The van der Waals surface area contributed by atoms with E-state index in [1.165, 1.54) is 12.1 Å². The van der Waals surface area contributed by atoms with E-state index in [2.05, 4.69) is 15.0 Å². The van der Waals surface area contributed by atoms with Crippen molar-refractivity contribution in [3.8, 4) is 5.75 Å². The van der Waals surface area contributed by atoms with Gasteiger partial charge in [0, 0.05) is 44.2 Å². The third-order valence-electron chi connectivity index (χ3n) is 4.37. The molecule has 0 saturated carbocycles. The summed E-state index contributed by atoms with van der Waals surface area (Å²) < 4.78 is 54.6. The first kappa shape index (κ1) is 23.0. The fourth-order valence-electron chi connectivity index (χ4n) is 3.10. The van der Waals surface area contributed by atoms with E-state index < -0.39 is 17.9 Å². The maximum Gasteiger partial charge on any atom is 0.461 e. The number of benzene rings is 1. The molecule has 0 radical (unpaired) electrons. The molecule has 4 nitrogen and oxygen atoms in total. The number of halogens is 5. The lowest BCUT2D eigenvalue weighted by Crippen LogP contribution is -2.49. The predicted octanol–water partition coefficient (Wildman–Crippen LogP) is 3.31. The summed E-state index contributed by atoms with van der Waals surface area (Å²) in [5, 5.41) is 13.0. The Bertz CT molecular complexity index is 552. The first-order chi connectivity index (χ1) is 11.7. The van der Waals surface area contributed by atoms with E-state index >= 15 is 0 Å². The molecule has 0 spiro atoms. The van der Waals surface area contributed by atoms with E-state index in [-0.39, 0.29) is 30.8 Å². The van der Waals surface area contributed by atoms with Crippen molar-refractivity contribution in [3.63, 3.8) is 0 Å². The van der Waals surface area contributed by atoms with Gasteiger partial charge in [0.1, 0.15) is 5.75 Å². The molecule has 1 atom stereocenters. The van der Waals surface area contributed by atoms with Crippen LogP contribution in [-0.2, 0) is 0 Å². The highest BCUT2D eigenvalue weighted by atomic mass is 35.5. The van der Waals surface area contributed by atoms with Crippen LogP contribution in [0.15, 0.2) is 24.3 Å². The van der Waals surface area contributed by atoms with Crippen LogP contribution in [0.1, 0.15) is 25.5 Å². The second kappa shape index (κ2) is 9.21. The van der Waals surface area contributed by atoms with E-state index in [1.807, 2.05) is 13.8 Å². The number of aliphatic hydroxyl groups excluding tert-OH is 1. The van der Waals surface area contributed by atoms with Crippen molar-refractivity contribution in [1.82, 2.24) is 10.2 Å². The van der Waals surface area contributed by atoms with Crippen LogP contribution in [0.3, 0.4) is 0 Å². The fraction of sp³-hybridized carbons (Fsp3) is 0.647. The van der Waals surface area contributed by atoms with Gasteiger partial charge in [-0.3, -0.25) is 4.90 Å². The average molecular weight is 401 g/mol. The topological polar surface area (TPSA) is 44.7 Å². The smallest absolute Gasteiger partial charge is 0.428 e. The SMILES string of the molecule is CC(C)(CO)[C@H](c1ccc(OC(F)(F)C(F)F)cc1)N1CCNCC1.Cl. The number of hydrogen-bond acceptors (Lipinski definition) is 4. The lowest BCUT2D eigenvalue weighted by Gasteiger charge is -2.43. The highest BCUT2D eigenvalue weighted by Gasteiger charge is 2.44. The van der Waals surface area contributed by atoms with Gasteiger partial charge in [0.15, 0.2) is 0 Å². The minimum atomic E-state index is -4.52. The minimum absolute atomic E-state index is 0. The summed E-state index contributed by atoms with van der Waals surface area (Å²) in [5.41, 5.74) is 0.348. The van der Waals surface area contributed by atoms with Gasteiger partial charge in [-0.25, -0.2) is 0 Å². The number of alkyl halides is 4. The third kappa shape index (κ3) is 5.45. The van der Waals surface area contributed by atoms with Crippen molar-refractivity contribution in [3.05, 3.63) is 29.8 Å². The zero-order chi connectivity index (χ0) is 18.7. The lowest BCUT2D eigenvalue weighted by molar-refractivity contribution is -0.253. The molecule has 1 saturated heterocycles. The molecule has 1 heterocycles. The normalized spacial score (nSPS) is 17.7. The van der Waals surface area contributed by atoms with Gasteiger partial charge >= 0.3 is 12.5 Å². The summed E-state index contributed by atoms with van der Waals surface area (Å²) in [6, 6.07) is 5.55. The standard InChI is InChI=1S/C17H24F4N2O2.ClH/c1-16(2,11-24)14(23-9-7-22-8-10-23)12-3-5-13(6-4-12)25-17(20,21)15(18)19;/h3-6,14-15,22,24H,7-11H2,1-2H3;1H/t14-;/m0./s1. The van der Waals surface area contributed by atoms with Gasteiger partial charge in [-0.15, -0.1) is 12.4 Å². The molecular formula is C17H25ClF4N2O2. The molecule has 0 unspecified atom stereocenters. The van der Waals surface area contributed by atoms with Crippen LogP contribution in [0.25, 0.3) is 0 Å². The fourth-order valence-corrected chi connectivity index (χ4v) is 3.10. The average Bonchev–Trinajstić information content (AvgIpc) is 2.57. The molecule has 2 rings (SSSR count). The van der Waals surface area contributed by atoms with Gasteiger partial charge < -0.3 is 15.2 Å². The number of aliphatic hydroxyl groups is 1. The Balaban J connectivity index is 0.00000338. The Kier molecular flexibility index (Phi) is 8.13. The molecule has 0 aromatic heterocycles. The lowest BCUT2D eigenvalue weighted by atomic mass is 9.79. The van der Waals surface area contributed by atoms with E-state index in [0.29, 0.717) is 0 Å². The molecule has 150 valence electrons. The molecule has 1 aliphatic heterocycles. The van der Waals surface area contributed by atoms with Crippen LogP contribution in [0, 0.1) is 5.41 Å². The Morgan fingerprint density at radius 3 is 2.15 bits per heavy atom.